The first-order valence-corrected chi connectivity index (χ1v) is 5.69. The molecule has 0 spiro atoms. The third-order valence-corrected chi connectivity index (χ3v) is 3.12. The van der Waals surface area contributed by atoms with Crippen LogP contribution in [0.15, 0.2) is 45.8 Å². The van der Waals surface area contributed by atoms with Gasteiger partial charge in [-0.3, -0.25) is 4.79 Å². The number of rotatable bonds is 2. The van der Waals surface area contributed by atoms with Gasteiger partial charge in [0.2, 0.25) is 0 Å². The summed E-state index contributed by atoms with van der Waals surface area (Å²) in [6, 6.07) is 9.63. The van der Waals surface area contributed by atoms with Gasteiger partial charge in [-0.15, -0.1) is 0 Å². The second-order valence-corrected chi connectivity index (χ2v) is 4.24. The number of benzene rings is 1. The quantitative estimate of drug-likeness (QED) is 0.885. The van der Waals surface area contributed by atoms with Crippen LogP contribution in [0.3, 0.4) is 0 Å². The molecule has 0 amide bonds. The average Bonchev–Trinajstić information content (AvgIpc) is 2.29. The molecule has 0 saturated carbocycles. The van der Waals surface area contributed by atoms with Gasteiger partial charge in [-0.05, 0) is 23.3 Å². The van der Waals surface area contributed by atoms with E-state index in [0.717, 1.165) is 15.6 Å². The van der Waals surface area contributed by atoms with Crippen LogP contribution < -0.4 is 11.3 Å². The Hall–Kier alpha value is -1.39. The minimum atomic E-state index is -0.129. The van der Waals surface area contributed by atoms with Crippen molar-refractivity contribution in [3.05, 3.63) is 56.9 Å². The van der Waals surface area contributed by atoms with Crippen LogP contribution in [0.5, 0.6) is 0 Å². The number of nitrogens with one attached hydrogen (secondary N) is 1. The van der Waals surface area contributed by atoms with E-state index in [0.29, 0.717) is 5.56 Å². The minimum absolute atomic E-state index is 0.129. The smallest absolute Gasteiger partial charge is 0.253 e. The van der Waals surface area contributed by atoms with E-state index in [1.165, 1.54) is 0 Å². The molecular formula is C12H11BrN2O. The Kier molecular flexibility index (Phi) is 3.22. The van der Waals surface area contributed by atoms with Gasteiger partial charge in [-0.2, -0.15) is 0 Å². The monoisotopic (exact) mass is 278 g/mol. The SMILES string of the molecule is NCc1c(-c2ccccc2Br)cc[nH]c1=O. The molecule has 0 bridgehead atoms. The largest absolute Gasteiger partial charge is 0.329 e. The van der Waals surface area contributed by atoms with Gasteiger partial charge in [0.05, 0.1) is 0 Å². The molecule has 1 aromatic carbocycles. The molecule has 82 valence electrons. The summed E-state index contributed by atoms with van der Waals surface area (Å²) in [7, 11) is 0. The Morgan fingerprint density at radius 2 is 1.94 bits per heavy atom. The molecule has 2 aromatic rings. The highest BCUT2D eigenvalue weighted by atomic mass is 79.9. The summed E-state index contributed by atoms with van der Waals surface area (Å²) in [6.07, 6.45) is 1.64. The Balaban J connectivity index is 2.70. The lowest BCUT2D eigenvalue weighted by molar-refractivity contribution is 1.02. The van der Waals surface area contributed by atoms with E-state index in [4.69, 9.17) is 5.73 Å². The first-order valence-electron chi connectivity index (χ1n) is 4.89. The zero-order valence-electron chi connectivity index (χ0n) is 8.53. The number of H-pyrrole nitrogens is 1. The Labute approximate surface area is 101 Å². The van der Waals surface area contributed by atoms with Crippen LogP contribution in [-0.4, -0.2) is 4.98 Å². The first kappa shape index (κ1) is 11.1. The zero-order valence-corrected chi connectivity index (χ0v) is 10.1. The van der Waals surface area contributed by atoms with Crippen molar-refractivity contribution in [1.29, 1.82) is 0 Å². The van der Waals surface area contributed by atoms with Crippen molar-refractivity contribution >= 4 is 15.9 Å². The number of hydrogen-bond acceptors (Lipinski definition) is 2. The molecule has 16 heavy (non-hydrogen) atoms. The maximum atomic E-state index is 11.6. The van der Waals surface area contributed by atoms with E-state index in [-0.39, 0.29) is 12.1 Å². The van der Waals surface area contributed by atoms with Gasteiger partial charge in [0, 0.05) is 22.8 Å². The molecule has 1 aromatic heterocycles. The molecule has 0 unspecified atom stereocenters. The second-order valence-electron chi connectivity index (χ2n) is 3.38. The van der Waals surface area contributed by atoms with Crippen LogP contribution >= 0.6 is 15.9 Å². The molecule has 0 saturated heterocycles. The van der Waals surface area contributed by atoms with Crippen molar-refractivity contribution in [2.45, 2.75) is 6.54 Å². The number of aromatic amines is 1. The van der Waals surface area contributed by atoms with Gasteiger partial charge in [0.15, 0.2) is 0 Å². The van der Waals surface area contributed by atoms with E-state index in [1.54, 1.807) is 6.20 Å². The van der Waals surface area contributed by atoms with E-state index >= 15 is 0 Å². The third kappa shape index (κ3) is 1.94. The van der Waals surface area contributed by atoms with Crippen molar-refractivity contribution in [2.75, 3.05) is 0 Å². The fraction of sp³-hybridized carbons (Fsp3) is 0.0833. The lowest BCUT2D eigenvalue weighted by atomic mass is 10.0. The molecule has 1 heterocycles. The van der Waals surface area contributed by atoms with E-state index < -0.39 is 0 Å². The number of nitrogens with two attached hydrogens (primary N) is 1. The highest BCUT2D eigenvalue weighted by Crippen LogP contribution is 2.28. The molecule has 3 nitrogen and oxygen atoms in total. The second kappa shape index (κ2) is 4.63. The molecule has 3 N–H and O–H groups in total. The molecular weight excluding hydrogens is 268 g/mol. The predicted octanol–water partition coefficient (Wildman–Crippen LogP) is 2.26. The van der Waals surface area contributed by atoms with Gasteiger partial charge >= 0.3 is 0 Å². The summed E-state index contributed by atoms with van der Waals surface area (Å²) >= 11 is 3.47. The lowest BCUT2D eigenvalue weighted by Gasteiger charge is -2.08. The van der Waals surface area contributed by atoms with Crippen LogP contribution in [0.25, 0.3) is 11.1 Å². The van der Waals surface area contributed by atoms with Gasteiger partial charge in [-0.1, -0.05) is 34.1 Å². The van der Waals surface area contributed by atoms with Gasteiger partial charge in [0.25, 0.3) is 5.56 Å². The summed E-state index contributed by atoms with van der Waals surface area (Å²) in [6.45, 7) is 0.229. The minimum Gasteiger partial charge on any atom is -0.329 e. The fourth-order valence-electron chi connectivity index (χ4n) is 1.65. The molecule has 4 heteroatoms. The summed E-state index contributed by atoms with van der Waals surface area (Å²) in [4.78, 5) is 14.2. The standard InChI is InChI=1S/C12H11BrN2O/c13-11-4-2-1-3-9(11)8-5-6-15-12(16)10(8)7-14/h1-6H,7,14H2,(H,15,16). The molecule has 0 radical (unpaired) electrons. The normalized spacial score (nSPS) is 10.4. The van der Waals surface area contributed by atoms with Crippen LogP contribution in [0.1, 0.15) is 5.56 Å². The maximum Gasteiger partial charge on any atom is 0.253 e. The molecule has 0 atom stereocenters. The van der Waals surface area contributed by atoms with Crippen molar-refractivity contribution in [3.8, 4) is 11.1 Å². The Morgan fingerprint density at radius 3 is 2.62 bits per heavy atom. The summed E-state index contributed by atoms with van der Waals surface area (Å²) in [5.41, 5.74) is 7.93. The number of hydrogen-bond donors (Lipinski definition) is 2. The van der Waals surface area contributed by atoms with Gasteiger partial charge < -0.3 is 10.7 Å². The average molecular weight is 279 g/mol. The summed E-state index contributed by atoms with van der Waals surface area (Å²) in [5, 5.41) is 0. The Bertz CT molecular complexity index is 563. The van der Waals surface area contributed by atoms with Crippen LogP contribution in [-0.2, 0) is 6.54 Å². The molecule has 0 aliphatic carbocycles. The Morgan fingerprint density at radius 1 is 1.19 bits per heavy atom. The van der Waals surface area contributed by atoms with E-state index in [2.05, 4.69) is 20.9 Å². The maximum absolute atomic E-state index is 11.6. The summed E-state index contributed by atoms with van der Waals surface area (Å²) in [5.74, 6) is 0. The van der Waals surface area contributed by atoms with Gasteiger partial charge in [0.1, 0.15) is 0 Å². The third-order valence-electron chi connectivity index (χ3n) is 2.43. The van der Waals surface area contributed by atoms with Crippen molar-refractivity contribution < 1.29 is 0 Å². The summed E-state index contributed by atoms with van der Waals surface area (Å²) < 4.78 is 0.954. The lowest BCUT2D eigenvalue weighted by Crippen LogP contribution is -2.16. The number of pyridine rings is 1. The zero-order chi connectivity index (χ0) is 11.5. The van der Waals surface area contributed by atoms with E-state index in [1.807, 2.05) is 30.3 Å². The highest BCUT2D eigenvalue weighted by Gasteiger charge is 2.09. The fourth-order valence-corrected chi connectivity index (χ4v) is 2.14. The van der Waals surface area contributed by atoms with Crippen molar-refractivity contribution in [2.24, 2.45) is 5.73 Å². The van der Waals surface area contributed by atoms with Crippen LogP contribution in [0.4, 0.5) is 0 Å². The van der Waals surface area contributed by atoms with Crippen molar-refractivity contribution in [1.82, 2.24) is 4.98 Å². The van der Waals surface area contributed by atoms with Crippen LogP contribution in [0, 0.1) is 0 Å². The number of aromatic nitrogens is 1. The molecule has 2 rings (SSSR count). The molecule has 0 aliphatic heterocycles. The molecule has 0 aliphatic rings. The van der Waals surface area contributed by atoms with Crippen LogP contribution in [0.2, 0.25) is 0 Å². The molecule has 0 fully saturated rings. The first-order chi connectivity index (χ1) is 7.74. The van der Waals surface area contributed by atoms with Gasteiger partial charge in [-0.25, -0.2) is 0 Å². The van der Waals surface area contributed by atoms with E-state index in [9.17, 15) is 4.79 Å². The predicted molar refractivity (Wildman–Crippen MR) is 68.1 cm³/mol. The van der Waals surface area contributed by atoms with Crippen molar-refractivity contribution in [3.63, 3.8) is 0 Å². The number of halogens is 1. The topological polar surface area (TPSA) is 58.9 Å². The highest BCUT2D eigenvalue weighted by molar-refractivity contribution is 9.10.